The van der Waals surface area contributed by atoms with Gasteiger partial charge in [-0.2, -0.15) is 0 Å². The van der Waals surface area contributed by atoms with Crippen LogP contribution in [0.3, 0.4) is 0 Å². The van der Waals surface area contributed by atoms with Crippen molar-refractivity contribution in [3.63, 3.8) is 0 Å². The number of Topliss-reactive ketones (excluding diaryl/α,β-unsaturated/α-hetero) is 1. The zero-order valence-electron chi connectivity index (χ0n) is 11.7. The van der Waals surface area contributed by atoms with Gasteiger partial charge in [-0.05, 0) is 26.2 Å². The summed E-state index contributed by atoms with van der Waals surface area (Å²) in [6.45, 7) is 2.39. The highest BCUT2D eigenvalue weighted by Gasteiger charge is 2.25. The highest BCUT2D eigenvalue weighted by Crippen LogP contribution is 2.26. The lowest BCUT2D eigenvalue weighted by molar-refractivity contribution is -0.672. The average Bonchev–Trinajstić information content (AvgIpc) is 2.76. The maximum absolute atomic E-state index is 12.4. The van der Waals surface area contributed by atoms with Gasteiger partial charge in [0.1, 0.15) is 5.69 Å². The number of nitrogens with two attached hydrogens (primary N) is 1. The van der Waals surface area contributed by atoms with Crippen molar-refractivity contribution in [2.24, 2.45) is 0 Å². The predicted octanol–water partition coefficient (Wildman–Crippen LogP) is 2.69. The number of carbonyl (C=O) groups excluding carboxylic acids is 1. The molecule has 1 heterocycles. The molecule has 0 aliphatic heterocycles. The SMILES string of the molecule is Cc1ccc(C(=O)C[n+]2c(N)sc3c2CCCC3)cc1. The van der Waals surface area contributed by atoms with Crippen LogP contribution in [0, 0.1) is 6.92 Å². The number of thiazole rings is 1. The second-order valence-corrected chi connectivity index (χ2v) is 6.51. The van der Waals surface area contributed by atoms with Crippen molar-refractivity contribution in [3.8, 4) is 0 Å². The number of nitrogen functional groups attached to an aromatic ring is 1. The smallest absolute Gasteiger partial charge is 0.290 e. The second kappa shape index (κ2) is 5.37. The molecule has 0 bridgehead atoms. The monoisotopic (exact) mass is 287 g/mol. The number of nitrogens with zero attached hydrogens (tertiary/aromatic N) is 1. The summed E-state index contributed by atoms with van der Waals surface area (Å²) in [5.74, 6) is 0.132. The van der Waals surface area contributed by atoms with Crippen LogP contribution in [0.25, 0.3) is 0 Å². The number of anilines is 1. The Hall–Kier alpha value is -1.68. The van der Waals surface area contributed by atoms with Crippen LogP contribution in [0.1, 0.15) is 39.3 Å². The largest absolute Gasteiger partial charge is 0.332 e. The van der Waals surface area contributed by atoms with Gasteiger partial charge < -0.3 is 0 Å². The topological polar surface area (TPSA) is 47.0 Å². The molecule has 2 N–H and O–H groups in total. The maximum Gasteiger partial charge on any atom is 0.332 e. The van der Waals surface area contributed by atoms with Crippen LogP contribution < -0.4 is 10.3 Å². The summed E-state index contributed by atoms with van der Waals surface area (Å²) in [5, 5.41) is 0.761. The van der Waals surface area contributed by atoms with Crippen LogP contribution in [0.5, 0.6) is 0 Å². The van der Waals surface area contributed by atoms with Crippen LogP contribution >= 0.6 is 11.3 Å². The van der Waals surface area contributed by atoms with E-state index in [1.54, 1.807) is 11.3 Å². The van der Waals surface area contributed by atoms with E-state index in [1.165, 1.54) is 29.0 Å². The van der Waals surface area contributed by atoms with Crippen molar-refractivity contribution < 1.29 is 9.36 Å². The first-order chi connectivity index (χ1) is 9.65. The highest BCUT2D eigenvalue weighted by molar-refractivity contribution is 7.15. The zero-order chi connectivity index (χ0) is 14.1. The third kappa shape index (κ3) is 2.48. The lowest BCUT2D eigenvalue weighted by atomic mass is 10.0. The summed E-state index contributed by atoms with van der Waals surface area (Å²) in [6.07, 6.45) is 4.58. The molecule has 3 rings (SSSR count). The first-order valence-electron chi connectivity index (χ1n) is 7.05. The van der Waals surface area contributed by atoms with Gasteiger partial charge in [-0.15, -0.1) is 0 Å². The van der Waals surface area contributed by atoms with Crippen LogP contribution in [-0.2, 0) is 19.4 Å². The number of aromatic nitrogens is 1. The Bertz CT molecular complexity index is 643. The van der Waals surface area contributed by atoms with E-state index in [2.05, 4.69) is 0 Å². The van der Waals surface area contributed by atoms with Crippen molar-refractivity contribution in [1.82, 2.24) is 0 Å². The van der Waals surface area contributed by atoms with Gasteiger partial charge in [0.15, 0.2) is 6.54 Å². The third-order valence-electron chi connectivity index (χ3n) is 3.88. The van der Waals surface area contributed by atoms with Crippen molar-refractivity contribution in [2.75, 3.05) is 5.73 Å². The fourth-order valence-electron chi connectivity index (χ4n) is 2.72. The summed E-state index contributed by atoms with van der Waals surface area (Å²) >= 11 is 1.64. The molecule has 0 saturated carbocycles. The zero-order valence-corrected chi connectivity index (χ0v) is 12.5. The summed E-state index contributed by atoms with van der Waals surface area (Å²) in [7, 11) is 0. The quantitative estimate of drug-likeness (QED) is 0.697. The number of hydrogen-bond donors (Lipinski definition) is 1. The molecule has 20 heavy (non-hydrogen) atoms. The fourth-order valence-corrected chi connectivity index (χ4v) is 3.83. The minimum Gasteiger partial charge on any atom is -0.290 e. The van der Waals surface area contributed by atoms with Crippen LogP contribution in [0.15, 0.2) is 24.3 Å². The van der Waals surface area contributed by atoms with Gasteiger partial charge in [0.25, 0.3) is 0 Å². The Morgan fingerprint density at radius 1 is 1.25 bits per heavy atom. The summed E-state index contributed by atoms with van der Waals surface area (Å²) < 4.78 is 2.02. The molecule has 0 saturated heterocycles. The molecule has 0 unspecified atom stereocenters. The van der Waals surface area contributed by atoms with Crippen LogP contribution in [0.4, 0.5) is 5.13 Å². The molecule has 3 nitrogen and oxygen atoms in total. The Balaban J connectivity index is 1.86. The van der Waals surface area contributed by atoms with E-state index < -0.39 is 0 Å². The number of fused-ring (bicyclic) bond motifs is 1. The molecule has 2 aromatic rings. The Morgan fingerprint density at radius 2 is 1.95 bits per heavy atom. The van der Waals surface area contributed by atoms with Gasteiger partial charge in [0.2, 0.25) is 5.78 Å². The average molecular weight is 287 g/mol. The summed E-state index contributed by atoms with van der Waals surface area (Å²) in [5.41, 5.74) is 9.31. The minimum atomic E-state index is 0.132. The fraction of sp³-hybridized carbons (Fsp3) is 0.375. The number of aryl methyl sites for hydroxylation is 2. The highest BCUT2D eigenvalue weighted by atomic mass is 32.1. The van der Waals surface area contributed by atoms with Gasteiger partial charge in [-0.1, -0.05) is 41.2 Å². The molecule has 0 fully saturated rings. The van der Waals surface area contributed by atoms with E-state index in [0.29, 0.717) is 6.54 Å². The molecule has 0 atom stereocenters. The summed E-state index contributed by atoms with van der Waals surface area (Å²) in [6, 6.07) is 7.75. The lowest BCUT2D eigenvalue weighted by Gasteiger charge is -2.10. The van der Waals surface area contributed by atoms with E-state index in [1.807, 2.05) is 35.8 Å². The molecular formula is C16H19N2OS+. The molecule has 0 radical (unpaired) electrons. The van der Waals surface area contributed by atoms with Crippen molar-refractivity contribution >= 4 is 22.3 Å². The maximum atomic E-state index is 12.4. The minimum absolute atomic E-state index is 0.132. The van der Waals surface area contributed by atoms with Crippen LogP contribution in [0.2, 0.25) is 0 Å². The Kier molecular flexibility index (Phi) is 3.57. The number of benzene rings is 1. The first-order valence-corrected chi connectivity index (χ1v) is 7.86. The van der Waals surface area contributed by atoms with E-state index in [-0.39, 0.29) is 5.78 Å². The van der Waals surface area contributed by atoms with Crippen LogP contribution in [-0.4, -0.2) is 5.78 Å². The van der Waals surface area contributed by atoms with E-state index >= 15 is 0 Å². The van der Waals surface area contributed by atoms with E-state index in [4.69, 9.17) is 5.73 Å². The predicted molar refractivity (Wildman–Crippen MR) is 81.1 cm³/mol. The second-order valence-electron chi connectivity index (χ2n) is 5.39. The summed E-state index contributed by atoms with van der Waals surface area (Å²) in [4.78, 5) is 13.8. The number of ketones is 1. The molecule has 4 heteroatoms. The molecule has 1 aliphatic rings. The van der Waals surface area contributed by atoms with Gasteiger partial charge in [-0.25, -0.2) is 4.57 Å². The van der Waals surface area contributed by atoms with Crippen molar-refractivity contribution in [1.29, 1.82) is 0 Å². The van der Waals surface area contributed by atoms with Crippen molar-refractivity contribution in [3.05, 3.63) is 46.0 Å². The van der Waals surface area contributed by atoms with Gasteiger partial charge in [0.05, 0.1) is 4.88 Å². The molecule has 1 aliphatic carbocycles. The lowest BCUT2D eigenvalue weighted by Crippen LogP contribution is -2.43. The normalized spacial score (nSPS) is 14.1. The van der Waals surface area contributed by atoms with E-state index in [0.717, 1.165) is 23.5 Å². The molecular weight excluding hydrogens is 268 g/mol. The van der Waals surface area contributed by atoms with Gasteiger partial charge >= 0.3 is 5.13 Å². The Morgan fingerprint density at radius 3 is 2.70 bits per heavy atom. The first kappa shape index (κ1) is 13.3. The molecule has 1 aromatic heterocycles. The molecule has 1 aromatic carbocycles. The molecule has 0 spiro atoms. The van der Waals surface area contributed by atoms with Gasteiger partial charge in [-0.3, -0.25) is 10.5 Å². The van der Waals surface area contributed by atoms with Gasteiger partial charge in [0, 0.05) is 12.0 Å². The number of rotatable bonds is 3. The number of carbonyl (C=O) groups is 1. The molecule has 104 valence electrons. The Labute approximate surface area is 123 Å². The standard InChI is InChI=1S/C16H18N2OS/c1-11-6-8-12(9-7-11)14(19)10-18-13-4-2-3-5-15(13)20-16(18)17/h6-9,17H,2-5,10H2,1H3/p+1. The third-order valence-corrected chi connectivity index (χ3v) is 5.00. The van der Waals surface area contributed by atoms with Crippen molar-refractivity contribution in [2.45, 2.75) is 39.2 Å². The van der Waals surface area contributed by atoms with E-state index in [9.17, 15) is 4.79 Å². The molecule has 0 amide bonds. The number of hydrogen-bond acceptors (Lipinski definition) is 3.